The van der Waals surface area contributed by atoms with Crippen molar-refractivity contribution in [1.29, 1.82) is 0 Å². The highest BCUT2D eigenvalue weighted by Crippen LogP contribution is 2.27. The fraction of sp³-hybridized carbons (Fsp3) is 0.357. The maximum atomic E-state index is 5.49. The fourth-order valence-electron chi connectivity index (χ4n) is 1.82. The Morgan fingerprint density at radius 2 is 2.05 bits per heavy atom. The smallest absolute Gasteiger partial charge is 0.161 e. The second kappa shape index (κ2) is 6.80. The second-order valence-corrected chi connectivity index (χ2v) is 4.13. The van der Waals surface area contributed by atoms with Crippen LogP contribution in [0.1, 0.15) is 18.1 Å². The molecule has 19 heavy (non-hydrogen) atoms. The lowest BCUT2D eigenvalue weighted by Crippen LogP contribution is -2.12. The number of benzene rings is 1. The van der Waals surface area contributed by atoms with E-state index in [0.717, 1.165) is 35.7 Å². The van der Waals surface area contributed by atoms with E-state index in [1.165, 1.54) is 0 Å². The zero-order valence-corrected chi connectivity index (χ0v) is 11.3. The molecule has 102 valence electrons. The Bertz CT molecular complexity index is 497. The van der Waals surface area contributed by atoms with E-state index in [2.05, 4.69) is 15.5 Å². The molecule has 2 aromatic rings. The van der Waals surface area contributed by atoms with Gasteiger partial charge in [0.15, 0.2) is 11.5 Å². The summed E-state index contributed by atoms with van der Waals surface area (Å²) in [5.74, 6) is 1.55. The summed E-state index contributed by atoms with van der Waals surface area (Å²) in [5, 5.41) is 10.0. The van der Waals surface area contributed by atoms with Crippen LogP contribution in [0.5, 0.6) is 11.5 Å². The molecule has 2 N–H and O–H groups in total. The first-order valence-electron chi connectivity index (χ1n) is 6.31. The summed E-state index contributed by atoms with van der Waals surface area (Å²) < 4.78 is 10.8. The number of aromatic amines is 1. The third-order valence-corrected chi connectivity index (χ3v) is 2.74. The number of nitrogens with zero attached hydrogens (tertiary/aromatic N) is 1. The predicted octanol–water partition coefficient (Wildman–Crippen LogP) is 2.11. The van der Waals surface area contributed by atoms with Crippen molar-refractivity contribution < 1.29 is 9.47 Å². The van der Waals surface area contributed by atoms with Gasteiger partial charge in [-0.1, -0.05) is 6.07 Å². The molecule has 1 aromatic heterocycles. The fourth-order valence-corrected chi connectivity index (χ4v) is 1.82. The Balaban J connectivity index is 1.93. The summed E-state index contributed by atoms with van der Waals surface area (Å²) >= 11 is 0. The van der Waals surface area contributed by atoms with Gasteiger partial charge in [0.05, 0.1) is 19.9 Å². The van der Waals surface area contributed by atoms with Crippen LogP contribution in [0.25, 0.3) is 0 Å². The first-order chi connectivity index (χ1) is 9.33. The van der Waals surface area contributed by atoms with E-state index in [4.69, 9.17) is 9.47 Å². The van der Waals surface area contributed by atoms with Crippen molar-refractivity contribution in [2.45, 2.75) is 20.0 Å². The van der Waals surface area contributed by atoms with Crippen molar-refractivity contribution in [3.63, 3.8) is 0 Å². The molecule has 1 heterocycles. The average Bonchev–Trinajstić information content (AvgIpc) is 2.94. The van der Waals surface area contributed by atoms with E-state index in [1.54, 1.807) is 7.11 Å². The summed E-state index contributed by atoms with van der Waals surface area (Å²) in [6.07, 6.45) is 3.69. The van der Waals surface area contributed by atoms with E-state index in [9.17, 15) is 0 Å². The molecule has 0 saturated heterocycles. The highest BCUT2D eigenvalue weighted by Gasteiger charge is 2.05. The molecule has 0 fully saturated rings. The van der Waals surface area contributed by atoms with E-state index >= 15 is 0 Å². The zero-order chi connectivity index (χ0) is 13.5. The maximum absolute atomic E-state index is 5.49. The molecular weight excluding hydrogens is 242 g/mol. The van der Waals surface area contributed by atoms with Gasteiger partial charge < -0.3 is 14.8 Å². The van der Waals surface area contributed by atoms with E-state index in [-0.39, 0.29) is 0 Å². The SMILES string of the molecule is CCOc1ccc(CNCc2cn[nH]c2)cc1OC. The normalized spacial score (nSPS) is 10.4. The van der Waals surface area contributed by atoms with Crippen LogP contribution in [0, 0.1) is 0 Å². The van der Waals surface area contributed by atoms with Gasteiger partial charge in [0.2, 0.25) is 0 Å². The van der Waals surface area contributed by atoms with Gasteiger partial charge in [-0.15, -0.1) is 0 Å². The van der Waals surface area contributed by atoms with Gasteiger partial charge in [0.25, 0.3) is 0 Å². The quantitative estimate of drug-likeness (QED) is 0.801. The van der Waals surface area contributed by atoms with Gasteiger partial charge in [-0.2, -0.15) is 5.10 Å². The first kappa shape index (κ1) is 13.4. The Labute approximate surface area is 112 Å². The molecular formula is C14H19N3O2. The van der Waals surface area contributed by atoms with E-state index in [0.29, 0.717) is 6.61 Å². The Morgan fingerprint density at radius 1 is 1.21 bits per heavy atom. The van der Waals surface area contributed by atoms with Crippen LogP contribution in [0.3, 0.4) is 0 Å². The van der Waals surface area contributed by atoms with Crippen molar-refractivity contribution in [2.75, 3.05) is 13.7 Å². The lowest BCUT2D eigenvalue weighted by atomic mass is 10.2. The number of methoxy groups -OCH3 is 1. The zero-order valence-electron chi connectivity index (χ0n) is 11.3. The van der Waals surface area contributed by atoms with Crippen molar-refractivity contribution in [1.82, 2.24) is 15.5 Å². The molecule has 0 bridgehead atoms. The van der Waals surface area contributed by atoms with Gasteiger partial charge in [-0.25, -0.2) is 0 Å². The molecule has 0 aliphatic heterocycles. The number of ether oxygens (including phenoxy) is 2. The third-order valence-electron chi connectivity index (χ3n) is 2.74. The van der Waals surface area contributed by atoms with E-state index < -0.39 is 0 Å². The largest absolute Gasteiger partial charge is 0.493 e. The highest BCUT2D eigenvalue weighted by atomic mass is 16.5. The monoisotopic (exact) mass is 261 g/mol. The molecule has 0 spiro atoms. The van der Waals surface area contributed by atoms with Crippen molar-refractivity contribution in [3.8, 4) is 11.5 Å². The molecule has 2 rings (SSSR count). The molecule has 0 atom stereocenters. The van der Waals surface area contributed by atoms with Crippen LogP contribution < -0.4 is 14.8 Å². The van der Waals surface area contributed by atoms with Crippen LogP contribution in [-0.4, -0.2) is 23.9 Å². The maximum Gasteiger partial charge on any atom is 0.161 e. The standard InChI is InChI=1S/C14H19N3O2/c1-3-19-13-5-4-11(6-14(13)18-2)7-15-8-12-9-16-17-10-12/h4-6,9-10,15H,3,7-8H2,1-2H3,(H,16,17). The molecule has 5 nitrogen and oxygen atoms in total. The topological polar surface area (TPSA) is 59.2 Å². The van der Waals surface area contributed by atoms with Crippen LogP contribution in [0.4, 0.5) is 0 Å². The number of aromatic nitrogens is 2. The summed E-state index contributed by atoms with van der Waals surface area (Å²) in [4.78, 5) is 0. The third kappa shape index (κ3) is 3.72. The van der Waals surface area contributed by atoms with Gasteiger partial charge in [-0.05, 0) is 24.6 Å². The highest BCUT2D eigenvalue weighted by molar-refractivity contribution is 5.42. The minimum Gasteiger partial charge on any atom is -0.493 e. The number of nitrogens with one attached hydrogen (secondary N) is 2. The molecule has 0 saturated carbocycles. The van der Waals surface area contributed by atoms with Crippen molar-refractivity contribution in [2.24, 2.45) is 0 Å². The van der Waals surface area contributed by atoms with Crippen LogP contribution in [0.15, 0.2) is 30.6 Å². The number of hydrogen-bond donors (Lipinski definition) is 2. The molecule has 0 unspecified atom stereocenters. The Kier molecular flexibility index (Phi) is 4.80. The van der Waals surface area contributed by atoms with E-state index in [1.807, 2.05) is 37.5 Å². The average molecular weight is 261 g/mol. The van der Waals surface area contributed by atoms with Crippen LogP contribution >= 0.6 is 0 Å². The van der Waals surface area contributed by atoms with Crippen LogP contribution in [0.2, 0.25) is 0 Å². The second-order valence-electron chi connectivity index (χ2n) is 4.13. The lowest BCUT2D eigenvalue weighted by molar-refractivity contribution is 0.310. The molecule has 0 aliphatic rings. The van der Waals surface area contributed by atoms with Gasteiger partial charge in [0.1, 0.15) is 0 Å². The number of rotatable bonds is 7. The predicted molar refractivity (Wildman–Crippen MR) is 73.3 cm³/mol. The van der Waals surface area contributed by atoms with Gasteiger partial charge in [0, 0.05) is 24.8 Å². The minimum atomic E-state index is 0.633. The first-order valence-corrected chi connectivity index (χ1v) is 6.31. The summed E-state index contributed by atoms with van der Waals surface area (Å²) in [5.41, 5.74) is 2.29. The Hall–Kier alpha value is -2.01. The summed E-state index contributed by atoms with van der Waals surface area (Å²) in [6, 6.07) is 5.97. The molecule has 0 aliphatic carbocycles. The molecule has 0 radical (unpaired) electrons. The summed E-state index contributed by atoms with van der Waals surface area (Å²) in [6.45, 7) is 4.15. The summed E-state index contributed by atoms with van der Waals surface area (Å²) in [7, 11) is 1.65. The minimum absolute atomic E-state index is 0.633. The number of H-pyrrole nitrogens is 1. The Morgan fingerprint density at radius 3 is 2.74 bits per heavy atom. The van der Waals surface area contributed by atoms with Crippen LogP contribution in [-0.2, 0) is 13.1 Å². The van der Waals surface area contributed by atoms with Crippen molar-refractivity contribution >= 4 is 0 Å². The number of hydrogen-bond acceptors (Lipinski definition) is 4. The molecule has 1 aromatic carbocycles. The molecule has 0 amide bonds. The van der Waals surface area contributed by atoms with Gasteiger partial charge >= 0.3 is 0 Å². The lowest BCUT2D eigenvalue weighted by Gasteiger charge is -2.11. The van der Waals surface area contributed by atoms with Gasteiger partial charge in [-0.3, -0.25) is 5.10 Å². The molecule has 5 heteroatoms. The van der Waals surface area contributed by atoms with Crippen molar-refractivity contribution in [3.05, 3.63) is 41.7 Å².